The van der Waals surface area contributed by atoms with Crippen LogP contribution in [-0.4, -0.2) is 25.8 Å². The molecule has 140 valence electrons. The van der Waals surface area contributed by atoms with E-state index < -0.39 is 5.25 Å². The van der Waals surface area contributed by atoms with Gasteiger partial charge in [0.15, 0.2) is 5.65 Å². The standard InChI is InChI=1S/C21H19N5OS/c1-13-7-6-10-16(14(13)2)26-20(27)18(15-8-4-3-5-9-15)28-21-17-19(23-11-22-17)24-12-25-21/h3-12,18H,1-2H3,(H,26,27)(H,22,23,24,25)/t18-/m0/s1. The summed E-state index contributed by atoms with van der Waals surface area (Å²) in [6, 6.07) is 15.6. The predicted molar refractivity (Wildman–Crippen MR) is 111 cm³/mol. The Balaban J connectivity index is 1.69. The van der Waals surface area contributed by atoms with Crippen LogP contribution in [0.15, 0.2) is 66.2 Å². The Kier molecular flexibility index (Phi) is 5.08. The number of thioether (sulfide) groups is 1. The quantitative estimate of drug-likeness (QED) is 0.389. The largest absolute Gasteiger partial charge is 0.341 e. The van der Waals surface area contributed by atoms with E-state index in [0.717, 1.165) is 27.9 Å². The van der Waals surface area contributed by atoms with Crippen LogP contribution in [0.25, 0.3) is 11.2 Å². The van der Waals surface area contributed by atoms with Crippen LogP contribution in [0.2, 0.25) is 0 Å². The molecule has 0 aliphatic carbocycles. The van der Waals surface area contributed by atoms with Crippen LogP contribution in [0.4, 0.5) is 5.69 Å². The normalized spacial score (nSPS) is 12.1. The van der Waals surface area contributed by atoms with Gasteiger partial charge in [-0.2, -0.15) is 0 Å². The second-order valence-corrected chi connectivity index (χ2v) is 7.52. The van der Waals surface area contributed by atoms with E-state index in [1.807, 2.05) is 62.4 Å². The summed E-state index contributed by atoms with van der Waals surface area (Å²) in [7, 11) is 0. The summed E-state index contributed by atoms with van der Waals surface area (Å²) in [5, 5.41) is 3.30. The molecule has 4 aromatic rings. The van der Waals surface area contributed by atoms with Gasteiger partial charge in [-0.05, 0) is 36.6 Å². The summed E-state index contributed by atoms with van der Waals surface area (Å²) in [6.07, 6.45) is 3.05. The van der Waals surface area contributed by atoms with Crippen molar-refractivity contribution in [1.29, 1.82) is 0 Å². The maximum Gasteiger partial charge on any atom is 0.242 e. The average Bonchev–Trinajstić information content (AvgIpc) is 3.20. The van der Waals surface area contributed by atoms with E-state index in [9.17, 15) is 4.79 Å². The van der Waals surface area contributed by atoms with Crippen molar-refractivity contribution < 1.29 is 4.79 Å². The third-order valence-electron chi connectivity index (χ3n) is 4.62. The Morgan fingerprint density at radius 1 is 1.04 bits per heavy atom. The van der Waals surface area contributed by atoms with Gasteiger partial charge in [-0.3, -0.25) is 4.79 Å². The van der Waals surface area contributed by atoms with E-state index >= 15 is 0 Å². The molecule has 0 unspecified atom stereocenters. The number of carbonyl (C=O) groups excluding carboxylic acids is 1. The molecule has 0 spiro atoms. The summed E-state index contributed by atoms with van der Waals surface area (Å²) in [5.74, 6) is -0.101. The number of aryl methyl sites for hydroxylation is 1. The number of imidazole rings is 1. The van der Waals surface area contributed by atoms with Gasteiger partial charge in [-0.1, -0.05) is 54.2 Å². The first kappa shape index (κ1) is 18.2. The molecule has 0 bridgehead atoms. The van der Waals surface area contributed by atoms with Crippen molar-refractivity contribution >= 4 is 34.5 Å². The third-order valence-corrected chi connectivity index (χ3v) is 5.88. The Labute approximate surface area is 166 Å². The van der Waals surface area contributed by atoms with Gasteiger partial charge in [0.1, 0.15) is 22.1 Å². The summed E-state index contributed by atoms with van der Waals surface area (Å²) in [4.78, 5) is 29.0. The molecule has 28 heavy (non-hydrogen) atoms. The van der Waals surface area contributed by atoms with Gasteiger partial charge in [0, 0.05) is 5.69 Å². The van der Waals surface area contributed by atoms with Gasteiger partial charge >= 0.3 is 0 Å². The molecule has 1 amide bonds. The minimum absolute atomic E-state index is 0.101. The van der Waals surface area contributed by atoms with Crippen molar-refractivity contribution in [2.75, 3.05) is 5.32 Å². The number of hydrogen-bond donors (Lipinski definition) is 2. The fourth-order valence-corrected chi connectivity index (χ4v) is 3.99. The number of nitrogens with zero attached hydrogens (tertiary/aromatic N) is 3. The van der Waals surface area contributed by atoms with E-state index in [-0.39, 0.29) is 5.91 Å². The molecule has 2 heterocycles. The molecule has 0 saturated carbocycles. The number of fused-ring (bicyclic) bond motifs is 1. The fourth-order valence-electron chi connectivity index (χ4n) is 2.93. The number of hydrogen-bond acceptors (Lipinski definition) is 5. The van der Waals surface area contributed by atoms with E-state index in [2.05, 4.69) is 25.3 Å². The van der Waals surface area contributed by atoms with Crippen molar-refractivity contribution in [3.8, 4) is 0 Å². The first-order chi connectivity index (χ1) is 13.6. The molecule has 2 aromatic heterocycles. The molecule has 2 aromatic carbocycles. The number of amides is 1. The maximum atomic E-state index is 13.3. The van der Waals surface area contributed by atoms with E-state index in [1.54, 1.807) is 6.33 Å². The number of aromatic nitrogens is 4. The van der Waals surface area contributed by atoms with E-state index in [1.165, 1.54) is 18.1 Å². The number of nitrogens with one attached hydrogen (secondary N) is 2. The third kappa shape index (κ3) is 3.61. The van der Waals surface area contributed by atoms with Gasteiger partial charge in [0.05, 0.1) is 6.33 Å². The van der Waals surface area contributed by atoms with Crippen molar-refractivity contribution in [2.45, 2.75) is 24.1 Å². The van der Waals surface area contributed by atoms with Crippen LogP contribution in [0.1, 0.15) is 21.9 Å². The summed E-state index contributed by atoms with van der Waals surface area (Å²) < 4.78 is 0. The summed E-state index contributed by atoms with van der Waals surface area (Å²) >= 11 is 1.38. The van der Waals surface area contributed by atoms with Crippen molar-refractivity contribution in [1.82, 2.24) is 19.9 Å². The van der Waals surface area contributed by atoms with Crippen molar-refractivity contribution in [2.24, 2.45) is 0 Å². The molecule has 6 nitrogen and oxygen atoms in total. The lowest BCUT2D eigenvalue weighted by Crippen LogP contribution is -2.20. The van der Waals surface area contributed by atoms with Gasteiger partial charge in [-0.25, -0.2) is 15.0 Å². The summed E-state index contributed by atoms with van der Waals surface area (Å²) in [5.41, 5.74) is 5.23. The molecule has 0 saturated heterocycles. The van der Waals surface area contributed by atoms with E-state index in [0.29, 0.717) is 10.7 Å². The lowest BCUT2D eigenvalue weighted by Gasteiger charge is -2.18. The number of carbonyl (C=O) groups is 1. The second kappa shape index (κ2) is 7.82. The maximum absolute atomic E-state index is 13.3. The highest BCUT2D eigenvalue weighted by atomic mass is 32.2. The Morgan fingerprint density at radius 2 is 1.86 bits per heavy atom. The van der Waals surface area contributed by atoms with Crippen LogP contribution in [0.5, 0.6) is 0 Å². The van der Waals surface area contributed by atoms with Gasteiger partial charge in [0.2, 0.25) is 5.91 Å². The minimum atomic E-state index is -0.470. The van der Waals surface area contributed by atoms with Gasteiger partial charge in [-0.15, -0.1) is 0 Å². The molecule has 0 aliphatic rings. The Morgan fingerprint density at radius 3 is 2.68 bits per heavy atom. The lowest BCUT2D eigenvalue weighted by atomic mass is 10.1. The van der Waals surface area contributed by atoms with Gasteiger partial charge < -0.3 is 10.3 Å². The van der Waals surface area contributed by atoms with Crippen molar-refractivity contribution in [3.05, 3.63) is 77.9 Å². The number of aromatic amines is 1. The SMILES string of the molecule is Cc1cccc(NC(=O)[C@@H](Sc2ncnc3nc[nH]c23)c2ccccc2)c1C. The highest BCUT2D eigenvalue weighted by Gasteiger charge is 2.24. The molecular formula is C21H19N5OS. The molecule has 0 fully saturated rings. The highest BCUT2D eigenvalue weighted by molar-refractivity contribution is 8.00. The highest BCUT2D eigenvalue weighted by Crippen LogP contribution is 2.37. The zero-order valence-corrected chi connectivity index (χ0v) is 16.3. The minimum Gasteiger partial charge on any atom is -0.341 e. The predicted octanol–water partition coefficient (Wildman–Crippen LogP) is 4.44. The number of anilines is 1. The zero-order chi connectivity index (χ0) is 19.5. The number of rotatable bonds is 5. The van der Waals surface area contributed by atoms with Crippen LogP contribution >= 0.6 is 11.8 Å². The van der Waals surface area contributed by atoms with E-state index in [4.69, 9.17) is 0 Å². The Bertz CT molecular complexity index is 1130. The lowest BCUT2D eigenvalue weighted by molar-refractivity contribution is -0.115. The molecule has 4 rings (SSSR count). The smallest absolute Gasteiger partial charge is 0.242 e. The number of H-pyrrole nitrogens is 1. The zero-order valence-electron chi connectivity index (χ0n) is 15.5. The Hall–Kier alpha value is -3.19. The van der Waals surface area contributed by atoms with Crippen LogP contribution in [0, 0.1) is 13.8 Å². The van der Waals surface area contributed by atoms with Crippen LogP contribution in [0.3, 0.4) is 0 Å². The molecule has 7 heteroatoms. The average molecular weight is 389 g/mol. The molecule has 0 radical (unpaired) electrons. The monoisotopic (exact) mass is 389 g/mol. The molecular weight excluding hydrogens is 370 g/mol. The summed E-state index contributed by atoms with van der Waals surface area (Å²) in [6.45, 7) is 4.04. The topological polar surface area (TPSA) is 83.6 Å². The molecule has 0 aliphatic heterocycles. The second-order valence-electron chi connectivity index (χ2n) is 6.43. The first-order valence-electron chi connectivity index (χ1n) is 8.86. The fraction of sp³-hybridized carbons (Fsp3) is 0.143. The first-order valence-corrected chi connectivity index (χ1v) is 9.74. The molecule has 1 atom stereocenters. The number of benzene rings is 2. The van der Waals surface area contributed by atoms with Crippen LogP contribution < -0.4 is 5.32 Å². The molecule has 2 N–H and O–H groups in total. The van der Waals surface area contributed by atoms with Gasteiger partial charge in [0.25, 0.3) is 0 Å². The van der Waals surface area contributed by atoms with Crippen molar-refractivity contribution in [3.63, 3.8) is 0 Å². The van der Waals surface area contributed by atoms with Crippen LogP contribution in [-0.2, 0) is 4.79 Å².